The molecule has 0 bridgehead atoms. The zero-order valence-corrected chi connectivity index (χ0v) is 9.80. The van der Waals surface area contributed by atoms with E-state index in [-0.39, 0.29) is 11.4 Å². The van der Waals surface area contributed by atoms with Gasteiger partial charge in [-0.2, -0.15) is 0 Å². The maximum absolute atomic E-state index is 13.8. The van der Waals surface area contributed by atoms with Gasteiger partial charge in [-0.05, 0) is 19.1 Å². The highest BCUT2D eigenvalue weighted by Gasteiger charge is 2.18. The molecule has 0 radical (unpaired) electrons. The lowest BCUT2D eigenvalue weighted by molar-refractivity contribution is 0.407. The van der Waals surface area contributed by atoms with Crippen LogP contribution in [0, 0.1) is 24.4 Å². The number of halogens is 3. The van der Waals surface area contributed by atoms with Gasteiger partial charge in [-0.1, -0.05) is 0 Å². The SMILES string of the molecule is COc1cc(F)c(-c2nc(C)ccc2F)c(F)c1. The molecule has 0 atom stereocenters. The minimum absolute atomic E-state index is 0.0295. The third kappa shape index (κ3) is 2.16. The number of methoxy groups -OCH3 is 1. The Labute approximate surface area is 102 Å². The van der Waals surface area contributed by atoms with Crippen molar-refractivity contribution in [3.05, 3.63) is 47.4 Å². The Morgan fingerprint density at radius 3 is 2.17 bits per heavy atom. The van der Waals surface area contributed by atoms with Gasteiger partial charge in [0.05, 0.1) is 12.7 Å². The van der Waals surface area contributed by atoms with Crippen molar-refractivity contribution in [2.75, 3.05) is 7.11 Å². The van der Waals surface area contributed by atoms with Gasteiger partial charge in [0.25, 0.3) is 0 Å². The number of rotatable bonds is 2. The number of hydrogen-bond acceptors (Lipinski definition) is 2. The zero-order chi connectivity index (χ0) is 13.3. The van der Waals surface area contributed by atoms with Gasteiger partial charge in [0.2, 0.25) is 0 Å². The first-order valence-corrected chi connectivity index (χ1v) is 5.19. The molecule has 0 amide bonds. The first-order valence-electron chi connectivity index (χ1n) is 5.19. The van der Waals surface area contributed by atoms with Gasteiger partial charge in [-0.25, -0.2) is 18.2 Å². The van der Waals surface area contributed by atoms with E-state index in [1.807, 2.05) is 0 Å². The van der Waals surface area contributed by atoms with Crippen molar-refractivity contribution in [3.8, 4) is 17.0 Å². The van der Waals surface area contributed by atoms with Gasteiger partial charge in [-0.3, -0.25) is 0 Å². The number of pyridine rings is 1. The van der Waals surface area contributed by atoms with Crippen LogP contribution in [-0.4, -0.2) is 12.1 Å². The van der Waals surface area contributed by atoms with E-state index in [9.17, 15) is 13.2 Å². The van der Waals surface area contributed by atoms with E-state index in [1.165, 1.54) is 13.2 Å². The predicted octanol–water partition coefficient (Wildman–Crippen LogP) is 3.48. The third-order valence-electron chi connectivity index (χ3n) is 2.47. The average Bonchev–Trinajstić information content (AvgIpc) is 2.32. The second kappa shape index (κ2) is 4.68. The Hall–Kier alpha value is -2.04. The molecule has 0 aliphatic heterocycles. The number of aromatic nitrogens is 1. The Balaban J connectivity index is 2.67. The largest absolute Gasteiger partial charge is 0.497 e. The van der Waals surface area contributed by atoms with E-state index < -0.39 is 23.0 Å². The minimum Gasteiger partial charge on any atom is -0.497 e. The Morgan fingerprint density at radius 2 is 1.61 bits per heavy atom. The summed E-state index contributed by atoms with van der Waals surface area (Å²) in [6.45, 7) is 1.61. The quantitative estimate of drug-likeness (QED) is 0.817. The van der Waals surface area contributed by atoms with Crippen LogP contribution in [0.25, 0.3) is 11.3 Å². The second-order valence-corrected chi connectivity index (χ2v) is 3.75. The van der Waals surface area contributed by atoms with Crippen LogP contribution >= 0.6 is 0 Å². The highest BCUT2D eigenvalue weighted by Crippen LogP contribution is 2.30. The topological polar surface area (TPSA) is 22.1 Å². The van der Waals surface area contributed by atoms with Crippen LogP contribution < -0.4 is 4.74 Å². The molecule has 0 aliphatic rings. The summed E-state index contributed by atoms with van der Waals surface area (Å²) >= 11 is 0. The van der Waals surface area contributed by atoms with E-state index in [0.29, 0.717) is 5.69 Å². The number of hydrogen-bond donors (Lipinski definition) is 0. The van der Waals surface area contributed by atoms with E-state index in [4.69, 9.17) is 4.74 Å². The van der Waals surface area contributed by atoms with Crippen molar-refractivity contribution in [1.82, 2.24) is 4.98 Å². The molecule has 0 aliphatic carbocycles. The fourth-order valence-electron chi connectivity index (χ4n) is 1.61. The van der Waals surface area contributed by atoms with Crippen LogP contribution in [0.15, 0.2) is 24.3 Å². The van der Waals surface area contributed by atoms with Crippen molar-refractivity contribution in [2.24, 2.45) is 0 Å². The van der Waals surface area contributed by atoms with Crippen LogP contribution in [-0.2, 0) is 0 Å². The van der Waals surface area contributed by atoms with Gasteiger partial charge < -0.3 is 4.74 Å². The van der Waals surface area contributed by atoms with E-state index in [1.54, 1.807) is 6.92 Å². The third-order valence-corrected chi connectivity index (χ3v) is 2.47. The summed E-state index contributed by atoms with van der Waals surface area (Å²) in [5, 5.41) is 0. The van der Waals surface area contributed by atoms with Gasteiger partial charge in [-0.15, -0.1) is 0 Å². The lowest BCUT2D eigenvalue weighted by Crippen LogP contribution is -1.98. The molecule has 0 saturated heterocycles. The van der Waals surface area contributed by atoms with Crippen LogP contribution in [0.2, 0.25) is 0 Å². The molecule has 2 aromatic rings. The Morgan fingerprint density at radius 1 is 1.00 bits per heavy atom. The highest BCUT2D eigenvalue weighted by molar-refractivity contribution is 5.62. The molecule has 0 unspecified atom stereocenters. The molecule has 0 spiro atoms. The predicted molar refractivity (Wildman–Crippen MR) is 60.8 cm³/mol. The Bertz CT molecular complexity index is 576. The maximum atomic E-state index is 13.8. The molecular weight excluding hydrogens is 243 g/mol. The Kier molecular flexibility index (Phi) is 3.23. The van der Waals surface area contributed by atoms with Crippen LogP contribution in [0.1, 0.15) is 5.69 Å². The lowest BCUT2D eigenvalue weighted by Gasteiger charge is -2.08. The standard InChI is InChI=1S/C13H10F3NO/c1-7-3-4-9(14)13(17-7)12-10(15)5-8(18-2)6-11(12)16/h3-6H,1-2H3. The van der Waals surface area contributed by atoms with Crippen LogP contribution in [0.4, 0.5) is 13.2 Å². The molecular formula is C13H10F3NO. The summed E-state index contributed by atoms with van der Waals surface area (Å²) in [4.78, 5) is 3.82. The smallest absolute Gasteiger partial charge is 0.149 e. The first-order chi connectivity index (χ1) is 8.52. The molecule has 1 heterocycles. The molecule has 5 heteroatoms. The minimum atomic E-state index is -0.913. The molecule has 0 fully saturated rings. The fraction of sp³-hybridized carbons (Fsp3) is 0.154. The highest BCUT2D eigenvalue weighted by atomic mass is 19.1. The summed E-state index contributed by atoms with van der Waals surface area (Å²) in [6, 6.07) is 4.53. The molecule has 18 heavy (non-hydrogen) atoms. The average molecular weight is 253 g/mol. The number of aryl methyl sites for hydroxylation is 1. The number of benzene rings is 1. The van der Waals surface area contributed by atoms with Gasteiger partial charge >= 0.3 is 0 Å². The van der Waals surface area contributed by atoms with Crippen molar-refractivity contribution >= 4 is 0 Å². The summed E-state index contributed by atoms with van der Waals surface area (Å²) in [5.74, 6) is -2.57. The van der Waals surface area contributed by atoms with E-state index in [0.717, 1.165) is 18.2 Å². The van der Waals surface area contributed by atoms with Gasteiger partial charge in [0.15, 0.2) is 0 Å². The molecule has 0 saturated carbocycles. The number of nitrogens with zero attached hydrogens (tertiary/aromatic N) is 1. The molecule has 1 aromatic heterocycles. The van der Waals surface area contributed by atoms with Gasteiger partial charge in [0.1, 0.15) is 28.9 Å². The lowest BCUT2D eigenvalue weighted by atomic mass is 10.1. The summed E-state index contributed by atoms with van der Waals surface area (Å²) in [6.07, 6.45) is 0. The monoisotopic (exact) mass is 253 g/mol. The molecule has 94 valence electrons. The van der Waals surface area contributed by atoms with Crippen LogP contribution in [0.5, 0.6) is 5.75 Å². The van der Waals surface area contributed by atoms with Crippen molar-refractivity contribution < 1.29 is 17.9 Å². The zero-order valence-electron chi connectivity index (χ0n) is 9.80. The summed E-state index contributed by atoms with van der Waals surface area (Å²) in [7, 11) is 1.29. The maximum Gasteiger partial charge on any atom is 0.149 e. The fourth-order valence-corrected chi connectivity index (χ4v) is 1.61. The first kappa shape index (κ1) is 12.4. The van der Waals surface area contributed by atoms with Crippen molar-refractivity contribution in [3.63, 3.8) is 0 Å². The van der Waals surface area contributed by atoms with Gasteiger partial charge in [0, 0.05) is 17.8 Å². The normalized spacial score (nSPS) is 10.5. The van der Waals surface area contributed by atoms with Crippen molar-refractivity contribution in [2.45, 2.75) is 6.92 Å². The molecule has 2 nitrogen and oxygen atoms in total. The summed E-state index contributed by atoms with van der Waals surface area (Å²) < 4.78 is 45.8. The van der Waals surface area contributed by atoms with E-state index >= 15 is 0 Å². The molecule has 0 N–H and O–H groups in total. The second-order valence-electron chi connectivity index (χ2n) is 3.75. The summed E-state index contributed by atoms with van der Waals surface area (Å²) in [5.41, 5.74) is -0.356. The van der Waals surface area contributed by atoms with E-state index in [2.05, 4.69) is 4.98 Å². The molecule has 1 aromatic carbocycles. The number of ether oxygens (including phenoxy) is 1. The van der Waals surface area contributed by atoms with Crippen molar-refractivity contribution in [1.29, 1.82) is 0 Å². The van der Waals surface area contributed by atoms with Crippen LogP contribution in [0.3, 0.4) is 0 Å². The molecule has 2 rings (SSSR count).